The lowest BCUT2D eigenvalue weighted by molar-refractivity contribution is 0.255. The zero-order valence-electron chi connectivity index (χ0n) is 15.3. The van der Waals surface area contributed by atoms with E-state index in [4.69, 9.17) is 0 Å². The summed E-state index contributed by atoms with van der Waals surface area (Å²) < 4.78 is 0. The molecule has 4 nitrogen and oxygen atoms in total. The molecule has 0 saturated heterocycles. The summed E-state index contributed by atoms with van der Waals surface area (Å²) in [6.45, 7) is 11.8. The molecule has 0 aliphatic carbocycles. The highest BCUT2D eigenvalue weighted by atomic mass is 127. The predicted molar refractivity (Wildman–Crippen MR) is 115 cm³/mol. The number of hydrogen-bond donors (Lipinski definition) is 2. The summed E-state index contributed by atoms with van der Waals surface area (Å²) in [6, 6.07) is 4.93. The van der Waals surface area contributed by atoms with Crippen LogP contribution >= 0.6 is 35.3 Å². The fourth-order valence-corrected chi connectivity index (χ4v) is 3.01. The maximum absolute atomic E-state index is 4.31. The van der Waals surface area contributed by atoms with Gasteiger partial charge in [-0.3, -0.25) is 4.99 Å². The molecule has 6 heteroatoms. The summed E-state index contributed by atoms with van der Waals surface area (Å²) in [7, 11) is 4.00. The number of guanidine groups is 1. The molecule has 0 radical (unpaired) electrons. The molecule has 0 aliphatic rings. The van der Waals surface area contributed by atoms with Crippen molar-refractivity contribution >= 4 is 41.3 Å². The molecule has 0 fully saturated rings. The molecule has 2 N–H and O–H groups in total. The Balaban J connectivity index is 0.00000484. The van der Waals surface area contributed by atoms with E-state index >= 15 is 0 Å². The molecule has 134 valence electrons. The summed E-state index contributed by atoms with van der Waals surface area (Å²) in [5, 5.41) is 8.97. The number of halogens is 1. The second-order valence-corrected chi connectivity index (χ2v) is 7.40. The van der Waals surface area contributed by atoms with Gasteiger partial charge in [-0.25, -0.2) is 0 Å². The van der Waals surface area contributed by atoms with Crippen LogP contribution in [0.15, 0.2) is 22.5 Å². The Hall–Kier alpha value is -0.340. The van der Waals surface area contributed by atoms with Crippen molar-refractivity contribution in [1.82, 2.24) is 15.5 Å². The zero-order valence-corrected chi connectivity index (χ0v) is 18.5. The van der Waals surface area contributed by atoms with Crippen LogP contribution in [0.25, 0.3) is 0 Å². The minimum absolute atomic E-state index is 0. The van der Waals surface area contributed by atoms with Crippen LogP contribution in [0.3, 0.4) is 0 Å². The van der Waals surface area contributed by atoms with E-state index in [2.05, 4.69) is 72.8 Å². The average molecular weight is 452 g/mol. The molecule has 0 saturated carbocycles. The highest BCUT2D eigenvalue weighted by Crippen LogP contribution is 2.26. The molecule has 1 rings (SSSR count). The van der Waals surface area contributed by atoms with Gasteiger partial charge >= 0.3 is 0 Å². The van der Waals surface area contributed by atoms with Crippen LogP contribution in [0.4, 0.5) is 0 Å². The monoisotopic (exact) mass is 452 g/mol. The van der Waals surface area contributed by atoms with E-state index in [-0.39, 0.29) is 29.4 Å². The molecule has 1 heterocycles. The molecular formula is C17H33IN4S. The van der Waals surface area contributed by atoms with Gasteiger partial charge in [-0.2, -0.15) is 0 Å². The van der Waals surface area contributed by atoms with Crippen LogP contribution in [0, 0.1) is 0 Å². The van der Waals surface area contributed by atoms with Crippen LogP contribution in [-0.4, -0.2) is 50.6 Å². The second kappa shape index (κ2) is 11.3. The van der Waals surface area contributed by atoms with Crippen molar-refractivity contribution in [1.29, 1.82) is 0 Å². The third kappa shape index (κ3) is 7.85. The Morgan fingerprint density at radius 1 is 1.39 bits per heavy atom. The number of thiophene rings is 1. The first-order valence-corrected chi connectivity index (χ1v) is 8.97. The molecule has 0 amide bonds. The molecule has 1 atom stereocenters. The minimum atomic E-state index is 0. The number of rotatable bonds is 8. The van der Waals surface area contributed by atoms with E-state index in [0.717, 1.165) is 25.6 Å². The smallest absolute Gasteiger partial charge is 0.191 e. The topological polar surface area (TPSA) is 39.7 Å². The number of nitrogens with zero attached hydrogens (tertiary/aromatic N) is 2. The van der Waals surface area contributed by atoms with Gasteiger partial charge in [-0.15, -0.1) is 35.3 Å². The van der Waals surface area contributed by atoms with E-state index in [1.807, 2.05) is 18.4 Å². The van der Waals surface area contributed by atoms with E-state index in [1.54, 1.807) is 0 Å². The third-order valence-corrected chi connectivity index (χ3v) is 5.45. The normalized spacial score (nSPS) is 13.6. The molecular weight excluding hydrogens is 419 g/mol. The van der Waals surface area contributed by atoms with Gasteiger partial charge in [0.05, 0.1) is 0 Å². The van der Waals surface area contributed by atoms with E-state index in [1.165, 1.54) is 11.3 Å². The minimum Gasteiger partial charge on any atom is -0.356 e. The van der Waals surface area contributed by atoms with Gasteiger partial charge in [0.2, 0.25) is 0 Å². The first-order valence-electron chi connectivity index (χ1n) is 8.09. The van der Waals surface area contributed by atoms with Gasteiger partial charge in [0, 0.05) is 43.0 Å². The van der Waals surface area contributed by atoms with Crippen molar-refractivity contribution in [3.8, 4) is 0 Å². The SMILES string of the molecule is CCC(C)N(C)CCNC(=NC)NCC(C)(C)c1cccs1.I. The Morgan fingerprint density at radius 2 is 2.09 bits per heavy atom. The summed E-state index contributed by atoms with van der Waals surface area (Å²) in [5.74, 6) is 0.877. The average Bonchev–Trinajstić information content (AvgIpc) is 3.04. The van der Waals surface area contributed by atoms with Crippen LogP contribution in [0.1, 0.15) is 39.0 Å². The van der Waals surface area contributed by atoms with Crippen molar-refractivity contribution in [3.05, 3.63) is 22.4 Å². The zero-order chi connectivity index (χ0) is 16.6. The number of nitrogens with one attached hydrogen (secondary N) is 2. The van der Waals surface area contributed by atoms with E-state index in [9.17, 15) is 0 Å². The first-order chi connectivity index (χ1) is 10.4. The fourth-order valence-electron chi connectivity index (χ4n) is 2.16. The summed E-state index contributed by atoms with van der Waals surface area (Å²) >= 11 is 1.81. The second-order valence-electron chi connectivity index (χ2n) is 6.45. The maximum Gasteiger partial charge on any atom is 0.191 e. The fraction of sp³-hybridized carbons (Fsp3) is 0.706. The van der Waals surface area contributed by atoms with Crippen LogP contribution < -0.4 is 10.6 Å². The largest absolute Gasteiger partial charge is 0.356 e. The van der Waals surface area contributed by atoms with Crippen LogP contribution in [0.5, 0.6) is 0 Å². The number of aliphatic imine (C=N–C) groups is 1. The van der Waals surface area contributed by atoms with E-state index < -0.39 is 0 Å². The van der Waals surface area contributed by atoms with Crippen molar-refractivity contribution in [3.63, 3.8) is 0 Å². The molecule has 0 bridgehead atoms. The first kappa shape index (κ1) is 22.7. The van der Waals surface area contributed by atoms with Crippen molar-refractivity contribution in [2.45, 2.75) is 45.6 Å². The molecule has 1 unspecified atom stereocenters. The Bertz CT molecular complexity index is 445. The van der Waals surface area contributed by atoms with Crippen molar-refractivity contribution in [2.75, 3.05) is 33.7 Å². The van der Waals surface area contributed by atoms with Gasteiger partial charge in [-0.05, 0) is 31.8 Å². The Labute approximate surface area is 163 Å². The maximum atomic E-state index is 4.31. The lowest BCUT2D eigenvalue weighted by Gasteiger charge is -2.26. The van der Waals surface area contributed by atoms with Crippen LogP contribution in [0.2, 0.25) is 0 Å². The molecule has 1 aromatic rings. The molecule has 0 spiro atoms. The number of likely N-dealkylation sites (N-methyl/N-ethyl adjacent to an activating group) is 1. The van der Waals surface area contributed by atoms with Crippen LogP contribution in [-0.2, 0) is 5.41 Å². The lowest BCUT2D eigenvalue weighted by Crippen LogP contribution is -2.45. The quantitative estimate of drug-likeness (QED) is 0.360. The van der Waals surface area contributed by atoms with Gasteiger partial charge in [-0.1, -0.05) is 26.8 Å². The summed E-state index contributed by atoms with van der Waals surface area (Å²) in [5.41, 5.74) is 0.110. The third-order valence-electron chi connectivity index (χ3n) is 4.21. The molecule has 1 aromatic heterocycles. The highest BCUT2D eigenvalue weighted by molar-refractivity contribution is 14.0. The summed E-state index contributed by atoms with van der Waals surface area (Å²) in [4.78, 5) is 8.08. The van der Waals surface area contributed by atoms with Gasteiger partial charge < -0.3 is 15.5 Å². The molecule has 0 aromatic carbocycles. The Morgan fingerprint density at radius 3 is 2.61 bits per heavy atom. The number of hydrogen-bond acceptors (Lipinski definition) is 3. The van der Waals surface area contributed by atoms with Gasteiger partial charge in [0.1, 0.15) is 0 Å². The van der Waals surface area contributed by atoms with Gasteiger partial charge in [0.15, 0.2) is 5.96 Å². The molecule has 0 aliphatic heterocycles. The van der Waals surface area contributed by atoms with Crippen molar-refractivity contribution < 1.29 is 0 Å². The predicted octanol–water partition coefficient (Wildman–Crippen LogP) is 3.54. The summed E-state index contributed by atoms with van der Waals surface area (Å²) in [6.07, 6.45) is 1.18. The van der Waals surface area contributed by atoms with Gasteiger partial charge in [0.25, 0.3) is 0 Å². The molecule has 23 heavy (non-hydrogen) atoms. The lowest BCUT2D eigenvalue weighted by atomic mass is 9.91. The van der Waals surface area contributed by atoms with E-state index in [0.29, 0.717) is 6.04 Å². The highest BCUT2D eigenvalue weighted by Gasteiger charge is 2.21. The van der Waals surface area contributed by atoms with Crippen molar-refractivity contribution in [2.24, 2.45) is 4.99 Å². The standard InChI is InChI=1S/C17H32N4S.HI/c1-7-14(2)21(6)11-10-19-16(18-5)20-13-17(3,4)15-9-8-12-22-15;/h8-9,12,14H,7,10-11,13H2,1-6H3,(H2,18,19,20);1H. The Kier molecular flexibility index (Phi) is 11.1.